The van der Waals surface area contributed by atoms with Crippen LogP contribution in [0.1, 0.15) is 16.7 Å². The molecular weight excluding hydrogens is 300 g/mol. The summed E-state index contributed by atoms with van der Waals surface area (Å²) in [6.45, 7) is 0. The third kappa shape index (κ3) is 3.82. The van der Waals surface area contributed by atoms with Crippen LogP contribution in [0.2, 0.25) is 0 Å². The van der Waals surface area contributed by atoms with Gasteiger partial charge in [-0.3, -0.25) is 0 Å². The molecule has 0 radical (unpaired) electrons. The zero-order valence-electron chi connectivity index (χ0n) is 11.8. The fourth-order valence-corrected chi connectivity index (χ4v) is 1.92. The molecule has 5 N–H and O–H groups in total. The smallest absolute Gasteiger partial charge is 0.328 e. The molecule has 0 aliphatic carbocycles. The highest BCUT2D eigenvalue weighted by molar-refractivity contribution is 5.88. The Labute approximate surface area is 131 Å². The molecule has 6 heteroatoms. The van der Waals surface area contributed by atoms with Gasteiger partial charge < -0.3 is 25.5 Å². The summed E-state index contributed by atoms with van der Waals surface area (Å²) in [5.41, 5.74) is 1.15. The molecule has 0 saturated heterocycles. The van der Waals surface area contributed by atoms with Gasteiger partial charge in [-0.05, 0) is 41.5 Å². The predicted octanol–water partition coefficient (Wildman–Crippen LogP) is 2.78. The first-order chi connectivity index (χ1) is 10.9. The Morgan fingerprint density at radius 3 is 2.17 bits per heavy atom. The number of aliphatic carboxylic acids is 1. The number of rotatable bonds is 4. The van der Waals surface area contributed by atoms with E-state index in [4.69, 9.17) is 5.11 Å². The maximum atomic E-state index is 10.6. The van der Waals surface area contributed by atoms with Gasteiger partial charge >= 0.3 is 5.97 Å². The number of carboxylic acid groups (broad SMARTS) is 1. The lowest BCUT2D eigenvalue weighted by Crippen LogP contribution is -1.88. The zero-order valence-corrected chi connectivity index (χ0v) is 11.8. The van der Waals surface area contributed by atoms with E-state index in [0.29, 0.717) is 11.1 Å². The van der Waals surface area contributed by atoms with Crippen molar-refractivity contribution < 1.29 is 30.3 Å². The quantitative estimate of drug-likeness (QED) is 0.336. The van der Waals surface area contributed by atoms with Crippen LogP contribution in [-0.4, -0.2) is 31.5 Å². The fourth-order valence-electron chi connectivity index (χ4n) is 1.92. The van der Waals surface area contributed by atoms with E-state index in [1.165, 1.54) is 48.6 Å². The van der Waals surface area contributed by atoms with E-state index in [2.05, 4.69) is 0 Å². The van der Waals surface area contributed by atoms with E-state index < -0.39 is 11.7 Å². The average Bonchev–Trinajstić information content (AvgIpc) is 2.50. The Hall–Kier alpha value is -3.41. The minimum atomic E-state index is -1.14. The van der Waals surface area contributed by atoms with Crippen molar-refractivity contribution in [2.24, 2.45) is 0 Å². The van der Waals surface area contributed by atoms with Gasteiger partial charge in [0.05, 0.1) is 0 Å². The molecule has 0 amide bonds. The summed E-state index contributed by atoms with van der Waals surface area (Å²) in [5, 5.41) is 46.9. The Morgan fingerprint density at radius 1 is 0.826 bits per heavy atom. The molecular formula is C17H14O6. The van der Waals surface area contributed by atoms with Crippen molar-refractivity contribution in [3.63, 3.8) is 0 Å². The van der Waals surface area contributed by atoms with Crippen LogP contribution in [-0.2, 0) is 4.79 Å². The highest BCUT2D eigenvalue weighted by atomic mass is 16.4. The van der Waals surface area contributed by atoms with Crippen molar-refractivity contribution in [1.82, 2.24) is 0 Å². The molecule has 0 aromatic heterocycles. The summed E-state index contributed by atoms with van der Waals surface area (Å²) in [7, 11) is 0. The molecule has 0 saturated carbocycles. The molecule has 2 rings (SSSR count). The second-order valence-electron chi connectivity index (χ2n) is 4.69. The highest BCUT2D eigenvalue weighted by Gasteiger charge is 2.08. The summed E-state index contributed by atoms with van der Waals surface area (Å²) >= 11 is 0. The van der Waals surface area contributed by atoms with Crippen molar-refractivity contribution in [3.8, 4) is 23.0 Å². The van der Waals surface area contributed by atoms with Crippen LogP contribution in [0, 0.1) is 0 Å². The lowest BCUT2D eigenvalue weighted by atomic mass is 10.0. The number of hydrogen-bond acceptors (Lipinski definition) is 5. The molecule has 0 spiro atoms. The molecule has 0 unspecified atom stereocenters. The predicted molar refractivity (Wildman–Crippen MR) is 85.1 cm³/mol. The number of carboxylic acids is 1. The van der Waals surface area contributed by atoms with E-state index >= 15 is 0 Å². The largest absolute Gasteiger partial charge is 0.504 e. The van der Waals surface area contributed by atoms with Crippen molar-refractivity contribution in [3.05, 3.63) is 53.1 Å². The Morgan fingerprint density at radius 2 is 1.52 bits per heavy atom. The molecule has 6 nitrogen and oxygen atoms in total. The lowest BCUT2D eigenvalue weighted by Gasteiger charge is -2.06. The molecule has 2 aromatic carbocycles. The van der Waals surface area contributed by atoms with Crippen molar-refractivity contribution in [2.75, 3.05) is 0 Å². The van der Waals surface area contributed by atoms with Crippen molar-refractivity contribution in [2.45, 2.75) is 0 Å². The Balaban J connectivity index is 2.44. The van der Waals surface area contributed by atoms with Gasteiger partial charge in [0.1, 0.15) is 0 Å². The Kier molecular flexibility index (Phi) is 4.56. The lowest BCUT2D eigenvalue weighted by molar-refractivity contribution is -0.131. The van der Waals surface area contributed by atoms with Gasteiger partial charge in [-0.15, -0.1) is 0 Å². The van der Waals surface area contributed by atoms with Gasteiger partial charge in [0.2, 0.25) is 0 Å². The summed E-state index contributed by atoms with van der Waals surface area (Å²) in [6, 6.07) is 6.88. The van der Waals surface area contributed by atoms with Crippen molar-refractivity contribution >= 4 is 24.2 Å². The molecule has 0 fully saturated rings. The number of carbonyl (C=O) groups is 1. The van der Waals surface area contributed by atoms with Crippen LogP contribution >= 0.6 is 0 Å². The molecule has 0 aliphatic rings. The van der Waals surface area contributed by atoms with Gasteiger partial charge in [-0.1, -0.05) is 18.2 Å². The van der Waals surface area contributed by atoms with Gasteiger partial charge in [0, 0.05) is 11.6 Å². The Bertz CT molecular complexity index is 805. The summed E-state index contributed by atoms with van der Waals surface area (Å²) in [6.07, 6.45) is 5.19. The number of phenolic OH excluding ortho intramolecular Hbond substituents is 4. The van der Waals surface area contributed by atoms with Crippen LogP contribution < -0.4 is 0 Å². The summed E-state index contributed by atoms with van der Waals surface area (Å²) < 4.78 is 0. The minimum Gasteiger partial charge on any atom is -0.504 e. The van der Waals surface area contributed by atoms with E-state index in [1.807, 2.05) is 0 Å². The second kappa shape index (κ2) is 6.57. The van der Waals surface area contributed by atoms with Gasteiger partial charge in [-0.2, -0.15) is 0 Å². The second-order valence-corrected chi connectivity index (χ2v) is 4.69. The SMILES string of the molecule is O=C(O)C=Cc1ccc(O)c(O)c1C=Cc1ccc(O)c(O)c1. The van der Waals surface area contributed by atoms with Gasteiger partial charge in [0.15, 0.2) is 23.0 Å². The van der Waals surface area contributed by atoms with Crippen LogP contribution in [0.15, 0.2) is 36.4 Å². The molecule has 0 aliphatic heterocycles. The van der Waals surface area contributed by atoms with Crippen LogP contribution in [0.3, 0.4) is 0 Å². The van der Waals surface area contributed by atoms with Gasteiger partial charge in [0.25, 0.3) is 0 Å². The minimum absolute atomic E-state index is 0.218. The number of phenols is 4. The van der Waals surface area contributed by atoms with E-state index in [1.54, 1.807) is 0 Å². The van der Waals surface area contributed by atoms with Gasteiger partial charge in [-0.25, -0.2) is 4.79 Å². The van der Waals surface area contributed by atoms with Crippen LogP contribution in [0.25, 0.3) is 18.2 Å². The molecule has 0 heterocycles. The number of hydrogen-bond donors (Lipinski definition) is 5. The van der Waals surface area contributed by atoms with E-state index in [9.17, 15) is 25.2 Å². The molecule has 0 atom stereocenters. The first-order valence-corrected chi connectivity index (χ1v) is 6.54. The molecule has 2 aromatic rings. The zero-order chi connectivity index (χ0) is 17.0. The maximum absolute atomic E-state index is 10.6. The normalized spacial score (nSPS) is 11.3. The molecule has 118 valence electrons. The van der Waals surface area contributed by atoms with Crippen molar-refractivity contribution in [1.29, 1.82) is 0 Å². The van der Waals surface area contributed by atoms with Crippen LogP contribution in [0.5, 0.6) is 23.0 Å². The topological polar surface area (TPSA) is 118 Å². The first-order valence-electron chi connectivity index (χ1n) is 6.54. The maximum Gasteiger partial charge on any atom is 0.328 e. The molecule has 0 bridgehead atoms. The highest BCUT2D eigenvalue weighted by Crippen LogP contribution is 2.34. The van der Waals surface area contributed by atoms with E-state index in [0.717, 1.165) is 6.08 Å². The standard InChI is InChI=1S/C17H14O6/c18-13-6-2-10(9-15(13)20)1-5-12-11(4-8-16(21)22)3-7-14(19)17(12)23/h1-9,18-20,23H,(H,21,22). The summed E-state index contributed by atoms with van der Waals surface area (Å²) in [5.74, 6) is -2.43. The number of benzene rings is 2. The average molecular weight is 314 g/mol. The summed E-state index contributed by atoms with van der Waals surface area (Å²) in [4.78, 5) is 10.6. The molecule has 23 heavy (non-hydrogen) atoms. The number of aromatic hydroxyl groups is 4. The first kappa shape index (κ1) is 16.0. The van der Waals surface area contributed by atoms with E-state index in [-0.39, 0.29) is 22.8 Å². The third-order valence-corrected chi connectivity index (χ3v) is 3.08. The third-order valence-electron chi connectivity index (χ3n) is 3.08. The monoisotopic (exact) mass is 314 g/mol. The fraction of sp³-hybridized carbons (Fsp3) is 0. The van der Waals surface area contributed by atoms with Crippen LogP contribution in [0.4, 0.5) is 0 Å².